The fraction of sp³-hybridized carbons (Fsp3) is 0.667. The normalized spacial score (nSPS) is 14.2. The third kappa shape index (κ3) is 22.5. The van der Waals surface area contributed by atoms with Crippen molar-refractivity contribution in [3.05, 3.63) is 24.3 Å². The molecule has 0 spiro atoms. The van der Waals surface area contributed by atoms with Gasteiger partial charge in [0.2, 0.25) is 0 Å². The Morgan fingerprint density at radius 1 is 0.659 bits per heavy atom. The first-order valence-electron chi connectivity index (χ1n) is 10.5. The predicted molar refractivity (Wildman–Crippen MR) is 113 cm³/mol. The fourth-order valence-electron chi connectivity index (χ4n) is 1.77. The van der Waals surface area contributed by atoms with E-state index in [0.717, 1.165) is 12.1 Å². The Kier molecular flexibility index (Phi) is 15.0. The van der Waals surface area contributed by atoms with E-state index in [4.69, 9.17) is 9.63 Å². The topological polar surface area (TPSA) is 110 Å². The number of benzene rings is 1. The minimum atomic E-state index is -5.33. The third-order valence-electron chi connectivity index (χ3n) is 3.51. The highest BCUT2D eigenvalue weighted by molar-refractivity contribution is 7.49. The van der Waals surface area contributed by atoms with E-state index in [2.05, 4.69) is 22.6 Å². The van der Waals surface area contributed by atoms with Crippen LogP contribution in [0.4, 0.5) is 52.7 Å². The number of halogens is 12. The molecule has 1 rings (SSSR count). The maximum absolute atomic E-state index is 12.2. The van der Waals surface area contributed by atoms with Crippen LogP contribution in [0.15, 0.2) is 24.3 Å². The van der Waals surface area contributed by atoms with Gasteiger partial charge in [0, 0.05) is 0 Å². The molecule has 0 aliphatic rings. The van der Waals surface area contributed by atoms with E-state index in [1.165, 1.54) is 12.1 Å². The molecule has 0 fully saturated rings. The van der Waals surface area contributed by atoms with Gasteiger partial charge in [0.1, 0.15) is 11.5 Å². The summed E-state index contributed by atoms with van der Waals surface area (Å²) in [5.74, 6) is 0.0723. The molecule has 41 heavy (non-hydrogen) atoms. The summed E-state index contributed by atoms with van der Waals surface area (Å²) in [6.45, 7) is -4.85. The smallest absolute Gasteiger partial charge is 0.491 e. The molecule has 0 bridgehead atoms. The van der Waals surface area contributed by atoms with Gasteiger partial charge in [-0.1, -0.05) is 6.92 Å². The molecule has 0 radical (unpaired) electrons. The largest absolute Gasteiger partial charge is 0.530 e. The van der Waals surface area contributed by atoms with Crippen LogP contribution in [0.2, 0.25) is 0 Å². The van der Waals surface area contributed by atoms with Gasteiger partial charge in [-0.05, 0) is 37.6 Å². The zero-order valence-electron chi connectivity index (χ0n) is 20.6. The van der Waals surface area contributed by atoms with Crippen molar-refractivity contribution < 1.29 is 94.1 Å². The number of ether oxygens (including phenoxy) is 1. The Morgan fingerprint density at radius 3 is 1.29 bits per heavy atom. The van der Waals surface area contributed by atoms with E-state index in [-0.39, 0.29) is 11.9 Å². The van der Waals surface area contributed by atoms with Gasteiger partial charge in [0.25, 0.3) is 0 Å². The third-order valence-corrected chi connectivity index (χ3v) is 5.74. The second-order valence-electron chi connectivity index (χ2n) is 7.37. The molecule has 1 atom stereocenters. The van der Waals surface area contributed by atoms with Gasteiger partial charge in [-0.15, -0.1) is 0 Å². The van der Waals surface area contributed by atoms with Crippen LogP contribution in [0.25, 0.3) is 0 Å². The summed E-state index contributed by atoms with van der Waals surface area (Å²) >= 11 is 0. The molecule has 0 aromatic heterocycles. The quantitative estimate of drug-likeness (QED) is 0.166. The van der Waals surface area contributed by atoms with Crippen LogP contribution in [0, 0.1) is 0 Å². The van der Waals surface area contributed by atoms with Crippen molar-refractivity contribution in [1.29, 1.82) is 0 Å². The lowest BCUT2D eigenvalue weighted by Crippen LogP contribution is -2.21. The Morgan fingerprint density at radius 2 is 0.976 bits per heavy atom. The average molecular weight is 672 g/mol. The van der Waals surface area contributed by atoms with Crippen molar-refractivity contribution in [2.75, 3.05) is 26.4 Å². The number of hydrogen-bond acceptors (Lipinski definition) is 8. The Labute approximate surface area is 223 Å². The zero-order chi connectivity index (χ0) is 32.3. The summed E-state index contributed by atoms with van der Waals surface area (Å²) in [5.41, 5.74) is 0. The van der Waals surface area contributed by atoms with Crippen molar-refractivity contribution in [2.24, 2.45) is 0 Å². The maximum Gasteiger partial charge on any atom is 0.530 e. The number of rotatable bonds is 13. The molecular formula is C18H22F12O9P2. The maximum atomic E-state index is 12.2. The molecule has 242 valence electrons. The molecule has 0 aliphatic heterocycles. The lowest BCUT2D eigenvalue weighted by atomic mass is 10.3. The Balaban J connectivity index is 0.000000909. The molecule has 0 saturated heterocycles. The first-order valence-corrected chi connectivity index (χ1v) is 13.4. The summed E-state index contributed by atoms with van der Waals surface area (Å²) in [6.07, 6.45) is -19.1. The summed E-state index contributed by atoms with van der Waals surface area (Å²) < 4.78 is 189. The highest BCUT2D eigenvalue weighted by Gasteiger charge is 2.41. The summed E-state index contributed by atoms with van der Waals surface area (Å²) in [4.78, 5) is 8.35. The fourth-order valence-corrected chi connectivity index (χ4v) is 3.63. The van der Waals surface area contributed by atoms with Gasteiger partial charge in [-0.3, -0.25) is 18.1 Å². The Hall–Kier alpha value is -1.76. The van der Waals surface area contributed by atoms with Crippen molar-refractivity contribution in [1.82, 2.24) is 0 Å². The second-order valence-corrected chi connectivity index (χ2v) is 10.4. The van der Waals surface area contributed by atoms with Crippen LogP contribution < -0.4 is 9.26 Å². The van der Waals surface area contributed by atoms with E-state index in [0.29, 0.717) is 12.2 Å². The molecule has 1 aromatic rings. The van der Waals surface area contributed by atoms with Gasteiger partial charge in [-0.2, -0.15) is 52.7 Å². The van der Waals surface area contributed by atoms with Crippen LogP contribution in [0.3, 0.4) is 0 Å². The molecule has 1 aromatic carbocycles. The SMILES string of the molecule is CCC(C)Oc1ccc(OP(=O)(OCC(F)(F)F)OCC(F)(F)F)cc1.O=P(O)(OCC(F)(F)F)OCC(F)(F)F. The van der Waals surface area contributed by atoms with Crippen LogP contribution >= 0.6 is 15.6 Å². The zero-order valence-corrected chi connectivity index (χ0v) is 22.4. The number of alkyl halides is 12. The molecule has 1 N–H and O–H groups in total. The summed E-state index contributed by atoms with van der Waals surface area (Å²) in [5, 5.41) is 0. The van der Waals surface area contributed by atoms with Crippen molar-refractivity contribution in [3.8, 4) is 11.5 Å². The second kappa shape index (κ2) is 15.6. The molecule has 23 heteroatoms. The molecule has 0 amide bonds. The predicted octanol–water partition coefficient (Wildman–Crippen LogP) is 7.75. The highest BCUT2D eigenvalue weighted by atomic mass is 31.2. The van der Waals surface area contributed by atoms with E-state index < -0.39 is 66.8 Å². The minimum absolute atomic E-state index is 0.113. The van der Waals surface area contributed by atoms with E-state index >= 15 is 0 Å². The van der Waals surface area contributed by atoms with Crippen molar-refractivity contribution in [3.63, 3.8) is 0 Å². The number of phosphoric ester groups is 2. The van der Waals surface area contributed by atoms with E-state index in [1.807, 2.05) is 6.92 Å². The number of phosphoric acid groups is 2. The molecule has 0 aliphatic carbocycles. The molecule has 0 heterocycles. The van der Waals surface area contributed by atoms with Crippen molar-refractivity contribution >= 4 is 15.6 Å². The average Bonchev–Trinajstić information content (AvgIpc) is 2.79. The Bertz CT molecular complexity index is 951. The first kappa shape index (κ1) is 39.2. The molecule has 0 saturated carbocycles. The summed E-state index contributed by atoms with van der Waals surface area (Å²) in [7, 11) is -10.5. The minimum Gasteiger partial charge on any atom is -0.491 e. The van der Waals surface area contributed by atoms with Gasteiger partial charge >= 0.3 is 40.4 Å². The van der Waals surface area contributed by atoms with Gasteiger partial charge < -0.3 is 14.2 Å². The monoisotopic (exact) mass is 672 g/mol. The van der Waals surface area contributed by atoms with Gasteiger partial charge in [0.15, 0.2) is 26.4 Å². The summed E-state index contributed by atoms with van der Waals surface area (Å²) in [6, 6.07) is 5.00. The van der Waals surface area contributed by atoms with Gasteiger partial charge in [-0.25, -0.2) is 9.13 Å². The van der Waals surface area contributed by atoms with Gasteiger partial charge in [0.05, 0.1) is 6.10 Å². The number of hydrogen-bond donors (Lipinski definition) is 1. The van der Waals surface area contributed by atoms with Crippen LogP contribution in [0.1, 0.15) is 20.3 Å². The van der Waals surface area contributed by atoms with Crippen LogP contribution in [-0.4, -0.2) is 62.1 Å². The highest BCUT2D eigenvalue weighted by Crippen LogP contribution is 2.51. The van der Waals surface area contributed by atoms with Crippen LogP contribution in [-0.2, 0) is 27.2 Å². The molecule has 1 unspecified atom stereocenters. The lowest BCUT2D eigenvalue weighted by molar-refractivity contribution is -0.169. The standard InChI is InChI=1S/C14H17F6O5P.C4H5F6O4P/c1-3-10(2)24-11-4-6-12(7-5-11)25-26(21,22-8-13(15,16)17)23-9-14(18,19)20;5-3(6,7)1-13-15(11,12)14-2-4(8,9)10/h4-7,10H,3,8-9H2,1-2H3;1-2H2,(H,11,12). The van der Waals surface area contributed by atoms with E-state index in [1.54, 1.807) is 6.92 Å². The molecule has 9 nitrogen and oxygen atoms in total. The van der Waals surface area contributed by atoms with E-state index in [9.17, 15) is 61.8 Å². The lowest BCUT2D eigenvalue weighted by Gasteiger charge is -2.20. The molecular weight excluding hydrogens is 650 g/mol. The van der Waals surface area contributed by atoms with Crippen LogP contribution in [0.5, 0.6) is 11.5 Å². The first-order chi connectivity index (χ1) is 18.2. The van der Waals surface area contributed by atoms with Crippen molar-refractivity contribution in [2.45, 2.75) is 51.1 Å².